The van der Waals surface area contributed by atoms with E-state index in [1.54, 1.807) is 18.2 Å². The maximum atomic E-state index is 11.9. The van der Waals surface area contributed by atoms with E-state index in [1.165, 1.54) is 0 Å². The summed E-state index contributed by atoms with van der Waals surface area (Å²) in [6.45, 7) is 0.217. The van der Waals surface area contributed by atoms with Crippen LogP contribution in [0.5, 0.6) is 5.75 Å². The Bertz CT molecular complexity index is 340. The number of hydrogen-bond donors (Lipinski definition) is 1. The van der Waals surface area contributed by atoms with Crippen LogP contribution in [0.25, 0.3) is 0 Å². The van der Waals surface area contributed by atoms with Gasteiger partial charge in [-0.15, -0.1) is 4.48 Å². The highest BCUT2D eigenvalue weighted by Gasteiger charge is 2.29. The van der Waals surface area contributed by atoms with Gasteiger partial charge in [0.1, 0.15) is 18.3 Å². The molecule has 4 heteroatoms. The molecule has 1 aliphatic heterocycles. The Kier molecular flexibility index (Phi) is 1.88. The largest absolute Gasteiger partial charge is 0.492 e. The quantitative estimate of drug-likeness (QED) is 0.660. The fourth-order valence-electron chi connectivity index (χ4n) is 1.45. The fourth-order valence-corrected chi connectivity index (χ4v) is 1.45. The molecule has 0 bridgehead atoms. The van der Waals surface area contributed by atoms with Crippen LogP contribution in [0.1, 0.15) is 11.5 Å². The van der Waals surface area contributed by atoms with Crippen LogP contribution in [0.4, 0.5) is 4.48 Å². The number of hydrogen-bond acceptors (Lipinski definition) is 2. The van der Waals surface area contributed by atoms with Crippen LogP contribution < -0.4 is 10.3 Å². The van der Waals surface area contributed by atoms with Gasteiger partial charge in [0.2, 0.25) is 0 Å². The maximum Gasteiger partial charge on any atom is 0.258 e. The van der Waals surface area contributed by atoms with Crippen molar-refractivity contribution in [3.8, 4) is 5.75 Å². The van der Waals surface area contributed by atoms with E-state index in [0.717, 1.165) is 11.1 Å². The number of benzene rings is 1. The predicted octanol–water partition coefficient (Wildman–Crippen LogP) is 1.16. The van der Waals surface area contributed by atoms with E-state index in [0.29, 0.717) is 5.75 Å². The summed E-state index contributed by atoms with van der Waals surface area (Å²) < 4.78 is 17.1. The Labute approximate surface area is 74.4 Å². The molecule has 1 amide bonds. The van der Waals surface area contributed by atoms with Crippen molar-refractivity contribution in [2.75, 3.05) is 6.61 Å². The lowest BCUT2D eigenvalue weighted by atomic mass is 10.0. The zero-order valence-electron chi connectivity index (χ0n) is 6.79. The molecule has 0 saturated heterocycles. The molecule has 1 atom stereocenters. The highest BCUT2D eigenvalue weighted by Crippen LogP contribution is 2.33. The molecule has 1 aliphatic rings. The van der Waals surface area contributed by atoms with Gasteiger partial charge in [0.05, 0.1) is 0 Å². The Hall–Kier alpha value is -1.58. The topological polar surface area (TPSA) is 38.3 Å². The van der Waals surface area contributed by atoms with Gasteiger partial charge in [0.25, 0.3) is 5.91 Å². The Morgan fingerprint density at radius 3 is 3.08 bits per heavy atom. The van der Waals surface area contributed by atoms with E-state index in [2.05, 4.69) is 0 Å². The van der Waals surface area contributed by atoms with Crippen LogP contribution >= 0.6 is 0 Å². The molecule has 2 rings (SSSR count). The van der Waals surface area contributed by atoms with Crippen molar-refractivity contribution in [2.45, 2.75) is 5.92 Å². The number of rotatable bonds is 1. The molecule has 1 N–H and O–H groups in total. The number of halogens is 1. The summed E-state index contributed by atoms with van der Waals surface area (Å²) >= 11 is 0. The van der Waals surface area contributed by atoms with Crippen molar-refractivity contribution in [2.24, 2.45) is 0 Å². The minimum Gasteiger partial charge on any atom is -0.492 e. The summed E-state index contributed by atoms with van der Waals surface area (Å²) in [7, 11) is 0. The second kappa shape index (κ2) is 3.05. The van der Waals surface area contributed by atoms with Gasteiger partial charge < -0.3 is 4.74 Å². The van der Waals surface area contributed by atoms with Crippen LogP contribution in [-0.4, -0.2) is 12.5 Å². The first-order valence-electron chi connectivity index (χ1n) is 3.95. The van der Waals surface area contributed by atoms with E-state index in [-0.39, 0.29) is 6.61 Å². The van der Waals surface area contributed by atoms with Crippen LogP contribution in [0, 0.1) is 0 Å². The number of para-hydroxylation sites is 1. The predicted molar refractivity (Wildman–Crippen MR) is 43.9 cm³/mol. The first kappa shape index (κ1) is 8.04. The van der Waals surface area contributed by atoms with Crippen molar-refractivity contribution in [3.05, 3.63) is 29.8 Å². The number of fused-ring (bicyclic) bond motifs is 1. The molecule has 0 aromatic heterocycles. The van der Waals surface area contributed by atoms with Gasteiger partial charge in [-0.25, -0.2) is 0 Å². The summed E-state index contributed by atoms with van der Waals surface area (Å²) in [5, 5.41) is 0. The lowest BCUT2D eigenvalue weighted by molar-refractivity contribution is -0.126. The third-order valence-electron chi connectivity index (χ3n) is 2.11. The summed E-state index contributed by atoms with van der Waals surface area (Å²) in [6.07, 6.45) is 0. The molecule has 1 unspecified atom stereocenters. The minimum atomic E-state index is -0.648. The minimum absolute atomic E-state index is 0.217. The lowest BCUT2D eigenvalue weighted by Crippen LogP contribution is -2.23. The van der Waals surface area contributed by atoms with Gasteiger partial charge in [-0.2, -0.15) is 5.54 Å². The third-order valence-corrected chi connectivity index (χ3v) is 2.11. The number of carbonyl (C=O) groups is 1. The van der Waals surface area contributed by atoms with Gasteiger partial charge in [0, 0.05) is 5.56 Å². The van der Waals surface area contributed by atoms with Crippen LogP contribution in [0.2, 0.25) is 0 Å². The van der Waals surface area contributed by atoms with Crippen LogP contribution in [0.3, 0.4) is 0 Å². The van der Waals surface area contributed by atoms with E-state index in [1.807, 2.05) is 6.07 Å². The first-order valence-corrected chi connectivity index (χ1v) is 3.95. The summed E-state index contributed by atoms with van der Waals surface area (Å²) in [5.41, 5.74) is 1.88. The fraction of sp³-hybridized carbons (Fsp3) is 0.222. The zero-order valence-corrected chi connectivity index (χ0v) is 6.79. The molecule has 3 nitrogen and oxygen atoms in total. The molecule has 0 fully saturated rings. The normalized spacial score (nSPS) is 19.0. The van der Waals surface area contributed by atoms with Crippen molar-refractivity contribution in [1.82, 2.24) is 5.54 Å². The number of ether oxygens (including phenoxy) is 1. The summed E-state index contributed by atoms with van der Waals surface area (Å²) in [4.78, 5) is 11.0. The van der Waals surface area contributed by atoms with Crippen LogP contribution in [0.15, 0.2) is 24.3 Å². The number of amides is 1. The second-order valence-corrected chi connectivity index (χ2v) is 2.86. The third kappa shape index (κ3) is 1.24. The van der Waals surface area contributed by atoms with Crippen molar-refractivity contribution < 1.29 is 14.0 Å². The van der Waals surface area contributed by atoms with E-state index in [9.17, 15) is 9.28 Å². The van der Waals surface area contributed by atoms with Gasteiger partial charge in [-0.05, 0) is 6.07 Å². The molecule has 0 saturated carbocycles. The van der Waals surface area contributed by atoms with Gasteiger partial charge in [-0.3, -0.25) is 4.79 Å². The zero-order chi connectivity index (χ0) is 9.26. The Morgan fingerprint density at radius 2 is 2.31 bits per heavy atom. The summed E-state index contributed by atoms with van der Waals surface area (Å²) in [5.74, 6) is -0.498. The molecule has 13 heavy (non-hydrogen) atoms. The smallest absolute Gasteiger partial charge is 0.258 e. The monoisotopic (exact) mass is 181 g/mol. The van der Waals surface area contributed by atoms with E-state index < -0.39 is 11.8 Å². The SMILES string of the molecule is O=C(NF)C1COc2ccccc21. The van der Waals surface area contributed by atoms with Crippen molar-refractivity contribution in [1.29, 1.82) is 0 Å². The molecule has 1 heterocycles. The van der Waals surface area contributed by atoms with Gasteiger partial charge >= 0.3 is 0 Å². The van der Waals surface area contributed by atoms with Crippen molar-refractivity contribution >= 4 is 5.91 Å². The standard InChI is InChI=1S/C9H8FNO2/c10-11-9(12)7-5-13-8-4-2-1-3-6(7)8/h1-4,7H,5H2,(H,11,12). The molecule has 0 aliphatic carbocycles. The second-order valence-electron chi connectivity index (χ2n) is 2.86. The molecule has 1 aromatic rings. The highest BCUT2D eigenvalue weighted by molar-refractivity contribution is 5.84. The lowest BCUT2D eigenvalue weighted by Gasteiger charge is -2.03. The van der Waals surface area contributed by atoms with Crippen molar-refractivity contribution in [3.63, 3.8) is 0 Å². The Morgan fingerprint density at radius 1 is 1.54 bits per heavy atom. The molecule has 0 spiro atoms. The number of carbonyl (C=O) groups excluding carboxylic acids is 1. The molecular weight excluding hydrogens is 173 g/mol. The molecular formula is C9H8FNO2. The first-order chi connectivity index (χ1) is 6.33. The Balaban J connectivity index is 2.33. The van der Waals surface area contributed by atoms with Crippen LogP contribution in [-0.2, 0) is 4.79 Å². The van der Waals surface area contributed by atoms with E-state index in [4.69, 9.17) is 4.74 Å². The average Bonchev–Trinajstić information content (AvgIpc) is 2.60. The maximum absolute atomic E-state index is 11.9. The molecule has 1 aromatic carbocycles. The van der Waals surface area contributed by atoms with Gasteiger partial charge in [-0.1, -0.05) is 18.2 Å². The molecule has 0 radical (unpaired) electrons. The molecule has 68 valence electrons. The number of nitrogens with one attached hydrogen (secondary N) is 1. The highest BCUT2D eigenvalue weighted by atomic mass is 19.2. The average molecular weight is 181 g/mol. The van der Waals surface area contributed by atoms with E-state index >= 15 is 0 Å². The summed E-state index contributed by atoms with van der Waals surface area (Å²) in [6, 6.07) is 7.14. The van der Waals surface area contributed by atoms with Gasteiger partial charge in [0.15, 0.2) is 0 Å².